The van der Waals surface area contributed by atoms with Gasteiger partial charge >= 0.3 is 0 Å². The minimum absolute atomic E-state index is 0.0868. The third-order valence-corrected chi connectivity index (χ3v) is 5.89. The van der Waals surface area contributed by atoms with Crippen LogP contribution in [0.5, 0.6) is 0 Å². The van der Waals surface area contributed by atoms with E-state index in [1.807, 2.05) is 20.0 Å². The summed E-state index contributed by atoms with van der Waals surface area (Å²) in [6, 6.07) is 3.64. The van der Waals surface area contributed by atoms with Crippen molar-refractivity contribution >= 4 is 26.0 Å². The van der Waals surface area contributed by atoms with Gasteiger partial charge in [-0.25, -0.2) is 8.42 Å². The van der Waals surface area contributed by atoms with E-state index in [2.05, 4.69) is 27.2 Å². The van der Waals surface area contributed by atoms with Gasteiger partial charge < -0.3 is 5.32 Å². The van der Waals surface area contributed by atoms with Crippen LogP contribution in [-0.2, 0) is 16.6 Å². The van der Waals surface area contributed by atoms with Crippen LogP contribution < -0.4 is 5.32 Å². The first kappa shape index (κ1) is 18.2. The Hall–Kier alpha value is -0.870. The highest BCUT2D eigenvalue weighted by molar-refractivity contribution is 9.10. The smallest absolute Gasteiger partial charge is 0.244 e. The van der Waals surface area contributed by atoms with Crippen LogP contribution in [0.4, 0.5) is 0 Å². The Morgan fingerprint density at radius 3 is 2.62 bits per heavy atom. The summed E-state index contributed by atoms with van der Waals surface area (Å²) in [7, 11) is -1.76. The molecule has 1 rings (SSSR count). The molecule has 0 fully saturated rings. The van der Waals surface area contributed by atoms with E-state index in [-0.39, 0.29) is 6.54 Å². The molecule has 4 nitrogen and oxygen atoms in total. The number of nitrogens with zero attached hydrogens (tertiary/aromatic N) is 1. The van der Waals surface area contributed by atoms with Crippen molar-refractivity contribution < 1.29 is 8.42 Å². The first-order valence-electron chi connectivity index (χ1n) is 6.75. The topological polar surface area (TPSA) is 49.4 Å². The quantitative estimate of drug-likeness (QED) is 0.748. The van der Waals surface area contributed by atoms with Crippen LogP contribution >= 0.6 is 15.9 Å². The average Bonchev–Trinajstić information content (AvgIpc) is 2.42. The van der Waals surface area contributed by atoms with E-state index in [1.165, 1.54) is 4.31 Å². The molecule has 0 spiro atoms. The molecule has 0 amide bonds. The molecule has 1 aromatic rings. The van der Waals surface area contributed by atoms with Crippen LogP contribution in [0.1, 0.15) is 24.5 Å². The predicted molar refractivity (Wildman–Crippen MR) is 89.5 cm³/mol. The molecule has 0 saturated carbocycles. The molecular formula is C15H21BrN2O2S. The monoisotopic (exact) mass is 372 g/mol. The maximum Gasteiger partial charge on any atom is 0.244 e. The van der Waals surface area contributed by atoms with Crippen molar-refractivity contribution in [2.45, 2.75) is 31.7 Å². The van der Waals surface area contributed by atoms with Gasteiger partial charge in [0.15, 0.2) is 0 Å². The van der Waals surface area contributed by atoms with E-state index >= 15 is 0 Å². The van der Waals surface area contributed by atoms with Crippen LogP contribution in [0.15, 0.2) is 21.5 Å². The molecule has 0 atom stereocenters. The number of rotatable bonds is 7. The third kappa shape index (κ3) is 4.30. The molecule has 0 bridgehead atoms. The van der Waals surface area contributed by atoms with Gasteiger partial charge in [-0.15, -0.1) is 6.42 Å². The van der Waals surface area contributed by atoms with Gasteiger partial charge in [0.2, 0.25) is 10.0 Å². The Labute approximate surface area is 136 Å². The summed E-state index contributed by atoms with van der Waals surface area (Å²) in [4.78, 5) is 0.311. The summed E-state index contributed by atoms with van der Waals surface area (Å²) < 4.78 is 27.8. The normalized spacial score (nSPS) is 11.6. The van der Waals surface area contributed by atoms with Crippen LogP contribution in [-0.4, -0.2) is 32.9 Å². The minimum atomic E-state index is -3.59. The maximum absolute atomic E-state index is 12.8. The molecule has 116 valence electrons. The van der Waals surface area contributed by atoms with Gasteiger partial charge in [0, 0.05) is 17.6 Å². The summed E-state index contributed by atoms with van der Waals surface area (Å²) in [5, 5.41) is 3.03. The minimum Gasteiger partial charge on any atom is -0.316 e. The molecule has 0 aromatic heterocycles. The van der Waals surface area contributed by atoms with E-state index < -0.39 is 10.0 Å². The molecule has 0 aliphatic rings. The van der Waals surface area contributed by atoms with Gasteiger partial charge in [-0.1, -0.05) is 28.8 Å². The third-order valence-electron chi connectivity index (χ3n) is 3.10. The Bertz CT molecular complexity index is 636. The van der Waals surface area contributed by atoms with Gasteiger partial charge in [-0.3, -0.25) is 0 Å². The zero-order valence-corrected chi connectivity index (χ0v) is 15.0. The lowest BCUT2D eigenvalue weighted by Crippen LogP contribution is -2.32. The Morgan fingerprint density at radius 2 is 2.10 bits per heavy atom. The van der Waals surface area contributed by atoms with Crippen molar-refractivity contribution in [1.82, 2.24) is 9.62 Å². The Balaban J connectivity index is 3.38. The largest absolute Gasteiger partial charge is 0.316 e. The van der Waals surface area contributed by atoms with E-state index in [4.69, 9.17) is 6.42 Å². The number of halogens is 1. The van der Waals surface area contributed by atoms with Gasteiger partial charge in [-0.2, -0.15) is 4.31 Å². The molecule has 0 saturated heterocycles. The molecule has 6 heteroatoms. The number of hydrogen-bond acceptors (Lipinski definition) is 3. The lowest BCUT2D eigenvalue weighted by molar-refractivity contribution is 0.445. The molecule has 0 heterocycles. The van der Waals surface area contributed by atoms with Crippen LogP contribution in [0.25, 0.3) is 0 Å². The molecule has 0 aliphatic carbocycles. The second-order valence-electron chi connectivity index (χ2n) is 4.77. The second-order valence-corrected chi connectivity index (χ2v) is 7.53. The summed E-state index contributed by atoms with van der Waals surface area (Å²) in [6.07, 6.45) is 6.02. The molecule has 0 unspecified atom stereocenters. The van der Waals surface area contributed by atoms with Crippen molar-refractivity contribution in [3.05, 3.63) is 27.7 Å². The molecular weight excluding hydrogens is 352 g/mol. The van der Waals surface area contributed by atoms with Gasteiger partial charge in [-0.05, 0) is 43.7 Å². The molecule has 0 radical (unpaired) electrons. The Morgan fingerprint density at radius 1 is 1.43 bits per heavy atom. The number of terminal acetylenes is 1. The first-order valence-corrected chi connectivity index (χ1v) is 8.99. The van der Waals surface area contributed by atoms with Crippen LogP contribution in [0.3, 0.4) is 0 Å². The summed E-state index contributed by atoms with van der Waals surface area (Å²) in [6.45, 7) is 4.83. The highest BCUT2D eigenvalue weighted by Gasteiger charge is 2.26. The summed E-state index contributed by atoms with van der Waals surface area (Å²) in [5.41, 5.74) is 1.61. The SMILES string of the molecule is C#CCN(CCC)S(=O)(=O)c1cc(CNC)cc(Br)c1C. The molecule has 0 aliphatic heterocycles. The second kappa shape index (κ2) is 7.95. The number of hydrogen-bond donors (Lipinski definition) is 1. The lowest BCUT2D eigenvalue weighted by Gasteiger charge is -2.21. The molecule has 1 aromatic carbocycles. The maximum atomic E-state index is 12.8. The van der Waals surface area contributed by atoms with E-state index in [0.29, 0.717) is 23.5 Å². The van der Waals surface area contributed by atoms with Gasteiger partial charge in [0.1, 0.15) is 0 Å². The van der Waals surface area contributed by atoms with Crippen LogP contribution in [0.2, 0.25) is 0 Å². The fraction of sp³-hybridized carbons (Fsp3) is 0.467. The van der Waals surface area contributed by atoms with Crippen molar-refractivity contribution in [3.63, 3.8) is 0 Å². The van der Waals surface area contributed by atoms with Gasteiger partial charge in [0.05, 0.1) is 11.4 Å². The average molecular weight is 373 g/mol. The number of benzene rings is 1. The van der Waals surface area contributed by atoms with Crippen LogP contribution in [0, 0.1) is 19.3 Å². The summed E-state index contributed by atoms with van der Waals surface area (Å²) in [5.74, 6) is 2.43. The fourth-order valence-corrected chi connectivity index (χ4v) is 4.44. The zero-order chi connectivity index (χ0) is 16.0. The van der Waals surface area contributed by atoms with Gasteiger partial charge in [0.25, 0.3) is 0 Å². The fourth-order valence-electron chi connectivity index (χ4n) is 2.06. The first-order chi connectivity index (χ1) is 9.88. The highest BCUT2D eigenvalue weighted by atomic mass is 79.9. The molecule has 1 N–H and O–H groups in total. The van der Waals surface area contributed by atoms with Crippen molar-refractivity contribution in [2.24, 2.45) is 0 Å². The standard InChI is InChI=1S/C15H21BrN2O2S/c1-5-7-18(8-6-2)21(19,20)15-10-13(11-17-4)9-14(16)12(15)3/h1,9-10,17H,6-8,11H2,2-4H3. The van der Waals surface area contributed by atoms with E-state index in [1.54, 1.807) is 13.0 Å². The lowest BCUT2D eigenvalue weighted by atomic mass is 10.1. The van der Waals surface area contributed by atoms with Crippen molar-refractivity contribution in [3.8, 4) is 12.3 Å². The van der Waals surface area contributed by atoms with E-state index in [0.717, 1.165) is 16.5 Å². The number of sulfonamides is 1. The molecule has 21 heavy (non-hydrogen) atoms. The highest BCUT2D eigenvalue weighted by Crippen LogP contribution is 2.28. The van der Waals surface area contributed by atoms with Crippen molar-refractivity contribution in [2.75, 3.05) is 20.1 Å². The predicted octanol–water partition coefficient (Wildman–Crippen LogP) is 2.51. The number of nitrogens with one attached hydrogen (secondary N) is 1. The van der Waals surface area contributed by atoms with Crippen molar-refractivity contribution in [1.29, 1.82) is 0 Å². The zero-order valence-electron chi connectivity index (χ0n) is 12.6. The summed E-state index contributed by atoms with van der Waals surface area (Å²) >= 11 is 3.44. The Kier molecular flexibility index (Phi) is 6.88. The van der Waals surface area contributed by atoms with E-state index in [9.17, 15) is 8.42 Å².